The van der Waals surface area contributed by atoms with Crippen molar-refractivity contribution in [2.24, 2.45) is 0 Å². The van der Waals surface area contributed by atoms with Crippen molar-refractivity contribution in [3.8, 4) is 28.4 Å². The summed E-state index contributed by atoms with van der Waals surface area (Å²) in [6.45, 7) is 4.69. The van der Waals surface area contributed by atoms with Gasteiger partial charge in [0.2, 0.25) is 10.0 Å². The maximum absolute atomic E-state index is 13.8. The summed E-state index contributed by atoms with van der Waals surface area (Å²) >= 11 is 6.87. The van der Waals surface area contributed by atoms with Gasteiger partial charge in [-0.2, -0.15) is 9.40 Å². The van der Waals surface area contributed by atoms with Crippen LogP contribution in [0.25, 0.3) is 23.0 Å². The average molecular weight is 705 g/mol. The van der Waals surface area contributed by atoms with Gasteiger partial charge in [0.05, 0.1) is 41.9 Å². The highest BCUT2D eigenvalue weighted by Crippen LogP contribution is 2.36. The summed E-state index contributed by atoms with van der Waals surface area (Å²) in [4.78, 5) is 15.9. The van der Waals surface area contributed by atoms with Gasteiger partial charge in [-0.25, -0.2) is 13.1 Å². The minimum absolute atomic E-state index is 0.169. The highest BCUT2D eigenvalue weighted by Gasteiger charge is 2.34. The molecular formula is C35H36N4O6S3. The number of carbonyl (C=O) groups is 1. The quantitative estimate of drug-likeness (QED) is 0.150. The van der Waals surface area contributed by atoms with Gasteiger partial charge in [0, 0.05) is 37.0 Å². The zero-order valence-corrected chi connectivity index (χ0v) is 29.5. The Morgan fingerprint density at radius 2 is 1.71 bits per heavy atom. The molecule has 0 spiro atoms. The number of benzene rings is 3. The topological polar surface area (TPSA) is 103 Å². The van der Waals surface area contributed by atoms with Crippen LogP contribution in [-0.4, -0.2) is 83.7 Å². The van der Waals surface area contributed by atoms with Gasteiger partial charge in [0.1, 0.15) is 10.0 Å². The van der Waals surface area contributed by atoms with Crippen molar-refractivity contribution in [2.75, 3.05) is 33.9 Å². The zero-order valence-electron chi connectivity index (χ0n) is 27.0. The summed E-state index contributed by atoms with van der Waals surface area (Å²) in [5, 5.41) is 4.88. The molecule has 0 saturated carbocycles. The van der Waals surface area contributed by atoms with Crippen molar-refractivity contribution in [1.82, 2.24) is 19.0 Å². The zero-order chi connectivity index (χ0) is 34.0. The van der Waals surface area contributed by atoms with E-state index >= 15 is 0 Å². The van der Waals surface area contributed by atoms with Gasteiger partial charge in [0.25, 0.3) is 5.91 Å². The number of rotatable bonds is 10. The smallest absolute Gasteiger partial charge is 0.266 e. The van der Waals surface area contributed by atoms with Crippen LogP contribution in [0.4, 0.5) is 0 Å². The number of para-hydroxylation sites is 1. The average Bonchev–Trinajstić information content (AvgIpc) is 3.63. The Labute approximate surface area is 290 Å². The number of amides is 1. The van der Waals surface area contributed by atoms with Crippen LogP contribution < -0.4 is 9.47 Å². The fourth-order valence-corrected chi connectivity index (χ4v) is 8.76. The van der Waals surface area contributed by atoms with E-state index in [0.717, 1.165) is 11.3 Å². The second-order valence-corrected chi connectivity index (χ2v) is 15.2. The summed E-state index contributed by atoms with van der Waals surface area (Å²) < 4.78 is 47.7. The first kappa shape index (κ1) is 33.9. The lowest BCUT2D eigenvalue weighted by atomic mass is 10.1. The molecule has 0 N–H and O–H groups in total. The molecule has 2 fully saturated rings. The van der Waals surface area contributed by atoms with Crippen molar-refractivity contribution in [2.45, 2.75) is 37.4 Å². The molecule has 1 aromatic heterocycles. The molecule has 3 heterocycles. The fraction of sp³-hybridized carbons (Fsp3) is 0.286. The van der Waals surface area contributed by atoms with Gasteiger partial charge in [0.15, 0.2) is 11.5 Å². The highest BCUT2D eigenvalue weighted by atomic mass is 32.2. The largest absolute Gasteiger partial charge is 0.493 e. The third-order valence-corrected chi connectivity index (χ3v) is 11.3. The van der Waals surface area contributed by atoms with Gasteiger partial charge >= 0.3 is 0 Å². The molecule has 2 aliphatic heterocycles. The Kier molecular flexibility index (Phi) is 10.0. The molecule has 250 valence electrons. The van der Waals surface area contributed by atoms with Crippen LogP contribution in [0, 0.1) is 0 Å². The van der Waals surface area contributed by atoms with E-state index in [9.17, 15) is 13.2 Å². The van der Waals surface area contributed by atoms with Crippen molar-refractivity contribution in [3.63, 3.8) is 0 Å². The Morgan fingerprint density at radius 3 is 2.42 bits per heavy atom. The molecule has 10 nitrogen and oxygen atoms in total. The molecular weight excluding hydrogens is 669 g/mol. The second kappa shape index (κ2) is 14.2. The van der Waals surface area contributed by atoms with Crippen molar-refractivity contribution in [3.05, 3.63) is 95.0 Å². The van der Waals surface area contributed by atoms with Crippen LogP contribution in [0.3, 0.4) is 0 Å². The summed E-state index contributed by atoms with van der Waals surface area (Å²) in [7, 11) is -0.620. The van der Waals surface area contributed by atoms with Gasteiger partial charge in [-0.1, -0.05) is 60.4 Å². The molecule has 1 amide bonds. The molecule has 13 heteroatoms. The molecule has 4 aromatic rings. The molecule has 2 aliphatic rings. The normalized spacial score (nSPS) is 19.7. The van der Waals surface area contributed by atoms with E-state index in [1.54, 1.807) is 48.1 Å². The maximum atomic E-state index is 13.8. The first-order valence-corrected chi connectivity index (χ1v) is 18.1. The molecule has 2 saturated heterocycles. The number of thiocarbonyl (C=S) groups is 1. The predicted molar refractivity (Wildman–Crippen MR) is 191 cm³/mol. The summed E-state index contributed by atoms with van der Waals surface area (Å²) in [5.74, 6) is 1.06. The summed E-state index contributed by atoms with van der Waals surface area (Å²) in [6.07, 6.45) is 3.77. The number of thioether (sulfide) groups is 1. The van der Waals surface area contributed by atoms with E-state index in [4.69, 9.17) is 31.5 Å². The lowest BCUT2D eigenvalue weighted by molar-refractivity contribution is -0.122. The second-order valence-electron chi connectivity index (χ2n) is 11.6. The number of nitrogens with zero attached hydrogens (tertiary/aromatic N) is 4. The van der Waals surface area contributed by atoms with Crippen molar-refractivity contribution >= 4 is 50.3 Å². The fourth-order valence-electron chi connectivity index (χ4n) is 5.82. The Bertz CT molecular complexity index is 1970. The maximum Gasteiger partial charge on any atom is 0.266 e. The summed E-state index contributed by atoms with van der Waals surface area (Å²) in [6, 6.07) is 22.1. The van der Waals surface area contributed by atoms with Crippen LogP contribution in [0.15, 0.2) is 88.8 Å². The van der Waals surface area contributed by atoms with Crippen LogP contribution in [0.5, 0.6) is 11.5 Å². The number of methoxy groups -OCH3 is 2. The molecule has 0 radical (unpaired) electrons. The minimum atomic E-state index is -3.79. The van der Waals surface area contributed by atoms with Gasteiger partial charge in [-0.3, -0.25) is 9.69 Å². The standard InChI is InChI=1S/C35H36N4O6S3/c1-23-20-37(21-24(2)45-23)48(41,42)29-12-8-9-26(18-29)33-27(22-39(36-33)28-10-6-5-7-11-28)19-32-34(40)38(35(46)47-32)16-15-25-13-14-30(43-3)31(17-25)44-4/h5-14,17-19,22-24H,15-16,20-21H2,1-4H3. The Morgan fingerprint density at radius 1 is 0.979 bits per heavy atom. The number of hydrogen-bond donors (Lipinski definition) is 0. The SMILES string of the molecule is COc1ccc(CCN2C(=O)C(=Cc3cn(-c4ccccc4)nc3-c3cccc(S(=O)(=O)N4CC(C)OC(C)C4)c3)SC2=S)cc1OC. The van der Waals surface area contributed by atoms with E-state index in [0.29, 0.717) is 50.5 Å². The predicted octanol–water partition coefficient (Wildman–Crippen LogP) is 5.80. The molecule has 6 rings (SSSR count). The van der Waals surface area contributed by atoms with Crippen LogP contribution >= 0.6 is 24.0 Å². The number of morpholine rings is 1. The van der Waals surface area contributed by atoms with E-state index in [-0.39, 0.29) is 36.1 Å². The first-order chi connectivity index (χ1) is 23.1. The Balaban J connectivity index is 1.31. The van der Waals surface area contributed by atoms with Gasteiger partial charge in [-0.15, -0.1) is 0 Å². The van der Waals surface area contributed by atoms with E-state index < -0.39 is 10.0 Å². The van der Waals surface area contributed by atoms with Gasteiger partial charge in [-0.05, 0) is 68.3 Å². The third kappa shape index (κ3) is 7.06. The monoisotopic (exact) mass is 704 g/mol. The molecule has 2 atom stereocenters. The minimum Gasteiger partial charge on any atom is -0.493 e. The molecule has 2 unspecified atom stereocenters. The van der Waals surface area contributed by atoms with E-state index in [1.165, 1.54) is 16.1 Å². The molecule has 0 aliphatic carbocycles. The number of hydrogen-bond acceptors (Lipinski definition) is 9. The molecule has 48 heavy (non-hydrogen) atoms. The highest BCUT2D eigenvalue weighted by molar-refractivity contribution is 8.26. The Hall–Kier alpha value is -4.01. The van der Waals surface area contributed by atoms with Crippen molar-refractivity contribution in [1.29, 1.82) is 0 Å². The summed E-state index contributed by atoms with van der Waals surface area (Å²) in [5.41, 5.74) is 3.60. The lowest BCUT2D eigenvalue weighted by Gasteiger charge is -2.34. The van der Waals surface area contributed by atoms with Crippen molar-refractivity contribution < 1.29 is 27.4 Å². The lowest BCUT2D eigenvalue weighted by Crippen LogP contribution is -2.48. The van der Waals surface area contributed by atoms with Gasteiger partial charge < -0.3 is 14.2 Å². The first-order valence-electron chi connectivity index (χ1n) is 15.4. The number of carbonyl (C=O) groups excluding carboxylic acids is 1. The van der Waals surface area contributed by atoms with Crippen LogP contribution in [-0.2, 0) is 26.0 Å². The van der Waals surface area contributed by atoms with Crippen LogP contribution in [0.1, 0.15) is 25.0 Å². The number of aromatic nitrogens is 2. The molecule has 3 aromatic carbocycles. The number of sulfonamides is 1. The van der Waals surface area contributed by atoms with Crippen LogP contribution in [0.2, 0.25) is 0 Å². The van der Waals surface area contributed by atoms with E-state index in [2.05, 4.69) is 0 Å². The van der Waals surface area contributed by atoms with E-state index in [1.807, 2.05) is 74.6 Å². The number of ether oxygens (including phenoxy) is 3. The molecule has 0 bridgehead atoms. The third-order valence-electron chi connectivity index (χ3n) is 8.13.